The molecule has 1 rings (SSSR count). The van der Waals surface area contributed by atoms with Gasteiger partial charge in [-0.2, -0.15) is 0 Å². The van der Waals surface area contributed by atoms with Gasteiger partial charge in [0.15, 0.2) is 5.78 Å². The van der Waals surface area contributed by atoms with Crippen LogP contribution in [0.5, 0.6) is 0 Å². The maximum Gasteiger partial charge on any atom is 0.183 e. The molecule has 0 saturated heterocycles. The average molecular weight is 196 g/mol. The first-order valence-corrected chi connectivity index (χ1v) is 4.72. The Morgan fingerprint density at radius 2 is 2.36 bits per heavy atom. The van der Waals surface area contributed by atoms with Crippen molar-refractivity contribution in [2.75, 3.05) is 6.54 Å². The Labute approximate surface area is 83.5 Å². The minimum Gasteiger partial charge on any atom is -0.314 e. The first-order chi connectivity index (χ1) is 6.61. The summed E-state index contributed by atoms with van der Waals surface area (Å²) in [7, 11) is 1.72. The minimum absolute atomic E-state index is 0.0747. The molecule has 0 spiro atoms. The van der Waals surface area contributed by atoms with Crippen LogP contribution in [0.15, 0.2) is 6.20 Å². The van der Waals surface area contributed by atoms with E-state index in [-0.39, 0.29) is 5.78 Å². The highest BCUT2D eigenvalue weighted by molar-refractivity contribution is 5.94. The highest BCUT2D eigenvalue weighted by Gasteiger charge is 2.10. The normalized spacial score (nSPS) is 10.9. The average Bonchev–Trinajstić information content (AvgIpc) is 2.50. The first-order valence-electron chi connectivity index (χ1n) is 4.72. The van der Waals surface area contributed by atoms with Crippen LogP contribution in [0, 0.1) is 0 Å². The number of ketones is 1. The van der Waals surface area contributed by atoms with Crippen molar-refractivity contribution in [3.05, 3.63) is 11.9 Å². The maximum atomic E-state index is 11.6. The second kappa shape index (κ2) is 4.85. The lowest BCUT2D eigenvalue weighted by Crippen LogP contribution is -2.25. The van der Waals surface area contributed by atoms with E-state index >= 15 is 0 Å². The zero-order valence-electron chi connectivity index (χ0n) is 8.82. The third kappa shape index (κ3) is 2.92. The molecule has 0 bridgehead atoms. The van der Waals surface area contributed by atoms with Crippen LogP contribution >= 0.6 is 0 Å². The quantitative estimate of drug-likeness (QED) is 0.692. The molecule has 78 valence electrons. The highest BCUT2D eigenvalue weighted by atomic mass is 16.1. The molecule has 0 radical (unpaired) electrons. The lowest BCUT2D eigenvalue weighted by atomic mass is 10.2. The summed E-state index contributed by atoms with van der Waals surface area (Å²) < 4.78 is 1.50. The zero-order chi connectivity index (χ0) is 10.6. The number of aromatic nitrogens is 3. The fourth-order valence-corrected chi connectivity index (χ4v) is 1.14. The molecule has 0 unspecified atom stereocenters. The largest absolute Gasteiger partial charge is 0.314 e. The van der Waals surface area contributed by atoms with Crippen molar-refractivity contribution in [2.24, 2.45) is 7.05 Å². The predicted octanol–water partition coefficient (Wildman–Crippen LogP) is 0.386. The van der Waals surface area contributed by atoms with Crippen molar-refractivity contribution < 1.29 is 4.79 Å². The summed E-state index contributed by atoms with van der Waals surface area (Å²) >= 11 is 0. The molecule has 0 aliphatic heterocycles. The number of rotatable bonds is 5. The Kier molecular flexibility index (Phi) is 3.76. The number of Topliss-reactive ketones (excluding diaryl/α,β-unsaturated/α-hetero) is 1. The summed E-state index contributed by atoms with van der Waals surface area (Å²) in [5.74, 6) is 0.0747. The number of aryl methyl sites for hydroxylation is 1. The van der Waals surface area contributed by atoms with E-state index in [9.17, 15) is 4.79 Å². The topological polar surface area (TPSA) is 59.8 Å². The van der Waals surface area contributed by atoms with Crippen molar-refractivity contribution in [1.82, 2.24) is 20.3 Å². The zero-order valence-corrected chi connectivity index (χ0v) is 8.82. The standard InChI is InChI=1S/C9H16N4O/c1-7(2)10-5-4-9(14)8-6-11-12-13(8)3/h6-7,10H,4-5H2,1-3H3. The Morgan fingerprint density at radius 1 is 1.64 bits per heavy atom. The van der Waals surface area contributed by atoms with Gasteiger partial charge in [-0.1, -0.05) is 19.1 Å². The fraction of sp³-hybridized carbons (Fsp3) is 0.667. The van der Waals surface area contributed by atoms with Crippen LogP contribution < -0.4 is 5.32 Å². The van der Waals surface area contributed by atoms with Crippen LogP contribution in [0.3, 0.4) is 0 Å². The molecule has 1 aromatic heterocycles. The van der Waals surface area contributed by atoms with Gasteiger partial charge in [0.2, 0.25) is 0 Å². The van der Waals surface area contributed by atoms with Crippen molar-refractivity contribution >= 4 is 5.78 Å². The van der Waals surface area contributed by atoms with Crippen LogP contribution in [0.25, 0.3) is 0 Å². The smallest absolute Gasteiger partial charge is 0.183 e. The van der Waals surface area contributed by atoms with Gasteiger partial charge in [0.05, 0.1) is 6.20 Å². The van der Waals surface area contributed by atoms with Crippen LogP contribution in [-0.2, 0) is 7.05 Å². The third-order valence-corrected chi connectivity index (χ3v) is 1.90. The number of nitrogens with one attached hydrogen (secondary N) is 1. The van der Waals surface area contributed by atoms with Gasteiger partial charge < -0.3 is 5.32 Å². The molecule has 0 amide bonds. The molecule has 1 N–H and O–H groups in total. The van der Waals surface area contributed by atoms with Crippen molar-refractivity contribution in [2.45, 2.75) is 26.3 Å². The minimum atomic E-state index is 0.0747. The summed E-state index contributed by atoms with van der Waals surface area (Å²) in [5.41, 5.74) is 0.565. The fourth-order valence-electron chi connectivity index (χ4n) is 1.14. The van der Waals surface area contributed by atoms with E-state index in [4.69, 9.17) is 0 Å². The van der Waals surface area contributed by atoms with Crippen LogP contribution in [-0.4, -0.2) is 33.4 Å². The lowest BCUT2D eigenvalue weighted by molar-refractivity contribution is 0.0973. The van der Waals surface area contributed by atoms with Gasteiger partial charge in [-0.3, -0.25) is 4.79 Å². The Balaban J connectivity index is 2.40. The molecule has 0 atom stereocenters. The van der Waals surface area contributed by atoms with Gasteiger partial charge in [-0.15, -0.1) is 5.10 Å². The van der Waals surface area contributed by atoms with Crippen LogP contribution in [0.1, 0.15) is 30.8 Å². The van der Waals surface area contributed by atoms with E-state index in [1.165, 1.54) is 10.9 Å². The van der Waals surface area contributed by atoms with Crippen LogP contribution in [0.4, 0.5) is 0 Å². The van der Waals surface area contributed by atoms with Crippen molar-refractivity contribution in [1.29, 1.82) is 0 Å². The second-order valence-electron chi connectivity index (χ2n) is 3.52. The van der Waals surface area contributed by atoms with Crippen molar-refractivity contribution in [3.63, 3.8) is 0 Å². The molecular formula is C9H16N4O. The number of hydrogen-bond acceptors (Lipinski definition) is 4. The van der Waals surface area contributed by atoms with E-state index in [1.54, 1.807) is 7.05 Å². The van der Waals surface area contributed by atoms with E-state index in [0.29, 0.717) is 24.7 Å². The summed E-state index contributed by atoms with van der Waals surface area (Å²) in [5, 5.41) is 10.6. The molecule has 1 heterocycles. The molecule has 0 saturated carbocycles. The van der Waals surface area contributed by atoms with Gasteiger partial charge in [0.25, 0.3) is 0 Å². The van der Waals surface area contributed by atoms with Gasteiger partial charge in [-0.05, 0) is 0 Å². The Bertz CT molecular complexity index is 306. The molecule has 1 aromatic rings. The lowest BCUT2D eigenvalue weighted by Gasteiger charge is -2.06. The Morgan fingerprint density at radius 3 is 2.86 bits per heavy atom. The summed E-state index contributed by atoms with van der Waals surface area (Å²) in [6.45, 7) is 4.80. The van der Waals surface area contributed by atoms with Gasteiger partial charge in [0.1, 0.15) is 5.69 Å². The van der Waals surface area contributed by atoms with Gasteiger partial charge >= 0.3 is 0 Å². The van der Waals surface area contributed by atoms with Gasteiger partial charge in [0, 0.05) is 26.1 Å². The van der Waals surface area contributed by atoms with Gasteiger partial charge in [-0.25, -0.2) is 4.68 Å². The highest BCUT2D eigenvalue weighted by Crippen LogP contribution is 1.98. The summed E-state index contributed by atoms with van der Waals surface area (Å²) in [4.78, 5) is 11.6. The van der Waals surface area contributed by atoms with E-state index in [0.717, 1.165) is 0 Å². The second-order valence-corrected chi connectivity index (χ2v) is 3.52. The molecule has 0 aliphatic rings. The SMILES string of the molecule is CC(C)NCCC(=O)c1cnnn1C. The summed E-state index contributed by atoms with van der Waals surface area (Å²) in [6, 6.07) is 0.410. The Hall–Kier alpha value is -1.23. The maximum absolute atomic E-state index is 11.6. The molecular weight excluding hydrogens is 180 g/mol. The first kappa shape index (κ1) is 10.8. The molecule has 5 heteroatoms. The van der Waals surface area contributed by atoms with E-state index in [2.05, 4.69) is 29.5 Å². The van der Waals surface area contributed by atoms with Crippen molar-refractivity contribution in [3.8, 4) is 0 Å². The third-order valence-electron chi connectivity index (χ3n) is 1.90. The number of nitrogens with zero attached hydrogens (tertiary/aromatic N) is 3. The summed E-state index contributed by atoms with van der Waals surface area (Å²) in [6.07, 6.45) is 1.98. The molecule has 5 nitrogen and oxygen atoms in total. The monoisotopic (exact) mass is 196 g/mol. The molecule has 0 aromatic carbocycles. The van der Waals surface area contributed by atoms with E-state index < -0.39 is 0 Å². The number of carbonyl (C=O) groups is 1. The molecule has 0 fully saturated rings. The molecule has 0 aliphatic carbocycles. The van der Waals surface area contributed by atoms with Crippen LogP contribution in [0.2, 0.25) is 0 Å². The molecule has 14 heavy (non-hydrogen) atoms. The number of carbonyl (C=O) groups excluding carboxylic acids is 1. The number of hydrogen-bond donors (Lipinski definition) is 1. The van der Waals surface area contributed by atoms with E-state index in [1.807, 2.05) is 0 Å². The predicted molar refractivity (Wildman–Crippen MR) is 53.1 cm³/mol.